The molecule has 4 aromatic carbocycles. The highest BCUT2D eigenvalue weighted by Gasteiger charge is 2.52. The molecule has 5 aliphatic rings. The van der Waals surface area contributed by atoms with E-state index in [1.807, 2.05) is 0 Å². The number of benzene rings is 4. The molecule has 190 valence electrons. The van der Waals surface area contributed by atoms with Crippen molar-refractivity contribution in [1.29, 1.82) is 0 Å². The van der Waals surface area contributed by atoms with Gasteiger partial charge in [-0.15, -0.1) is 0 Å². The number of rotatable bonds is 4. The second-order valence-electron chi connectivity index (χ2n) is 13.4. The van der Waals surface area contributed by atoms with Crippen LogP contribution in [0, 0.1) is 17.8 Å². The molecule has 0 heteroatoms. The molecule has 0 N–H and O–H groups in total. The first-order valence-corrected chi connectivity index (χ1v) is 15.0. The van der Waals surface area contributed by atoms with Crippen molar-refractivity contribution in [3.63, 3.8) is 0 Å². The van der Waals surface area contributed by atoms with Crippen molar-refractivity contribution in [2.24, 2.45) is 17.8 Å². The summed E-state index contributed by atoms with van der Waals surface area (Å²) in [7, 11) is 0. The van der Waals surface area contributed by atoms with E-state index in [0.29, 0.717) is 11.3 Å². The van der Waals surface area contributed by atoms with Crippen LogP contribution in [0.15, 0.2) is 97.1 Å². The smallest absolute Gasteiger partial charge is 0.0622 e. The number of hydrogen-bond acceptors (Lipinski definition) is 0. The summed E-state index contributed by atoms with van der Waals surface area (Å²) in [6.07, 6.45) is 8.77. The van der Waals surface area contributed by atoms with E-state index in [9.17, 15) is 0 Å². The maximum Gasteiger partial charge on any atom is 0.0713 e. The Morgan fingerprint density at radius 2 is 1.11 bits per heavy atom. The Kier molecular flexibility index (Phi) is 4.92. The summed E-state index contributed by atoms with van der Waals surface area (Å²) < 4.78 is 0. The highest BCUT2D eigenvalue weighted by Crippen LogP contribution is 2.61. The Morgan fingerprint density at radius 1 is 0.553 bits per heavy atom. The van der Waals surface area contributed by atoms with Gasteiger partial charge in [0.15, 0.2) is 0 Å². The quantitative estimate of drug-likeness (QED) is 0.233. The zero-order valence-corrected chi connectivity index (χ0v) is 22.8. The van der Waals surface area contributed by atoms with Gasteiger partial charge in [-0.05, 0) is 112 Å². The van der Waals surface area contributed by atoms with E-state index >= 15 is 0 Å². The maximum atomic E-state index is 2.54. The molecule has 4 fully saturated rings. The largest absolute Gasteiger partial charge is 0.0713 e. The first-order valence-electron chi connectivity index (χ1n) is 15.0. The molecule has 4 bridgehead atoms. The summed E-state index contributed by atoms with van der Waals surface area (Å²) >= 11 is 0. The van der Waals surface area contributed by atoms with Crippen molar-refractivity contribution < 1.29 is 0 Å². The SMILES string of the molecule is CC(C)c1ccc2c(c1)C(c1ccccc1)(c1ccc(C34CC5CC(CC(C5)C3)C4)cc1)c1ccccc1-2. The lowest BCUT2D eigenvalue weighted by Crippen LogP contribution is -2.48. The van der Waals surface area contributed by atoms with Gasteiger partial charge in [-0.3, -0.25) is 0 Å². The second kappa shape index (κ2) is 8.19. The second-order valence-corrected chi connectivity index (χ2v) is 13.4. The molecule has 0 aromatic heterocycles. The monoisotopic (exact) mass is 494 g/mol. The van der Waals surface area contributed by atoms with Crippen LogP contribution < -0.4 is 0 Å². The van der Waals surface area contributed by atoms with Gasteiger partial charge in [0.2, 0.25) is 0 Å². The van der Waals surface area contributed by atoms with Crippen molar-refractivity contribution in [2.45, 2.75) is 69.1 Å². The minimum atomic E-state index is -0.294. The minimum absolute atomic E-state index is 0.294. The molecule has 0 spiro atoms. The molecule has 1 atom stereocenters. The Hall–Kier alpha value is -3.12. The normalized spacial score (nSPS) is 30.4. The van der Waals surface area contributed by atoms with Gasteiger partial charge in [0, 0.05) is 0 Å². The van der Waals surface area contributed by atoms with Crippen LogP contribution >= 0.6 is 0 Å². The number of hydrogen-bond donors (Lipinski definition) is 0. The Balaban J connectivity index is 1.34. The van der Waals surface area contributed by atoms with Gasteiger partial charge in [-0.1, -0.05) is 111 Å². The lowest BCUT2D eigenvalue weighted by atomic mass is 9.48. The summed E-state index contributed by atoms with van der Waals surface area (Å²) in [5.74, 6) is 3.41. The predicted molar refractivity (Wildman–Crippen MR) is 158 cm³/mol. The molecule has 0 saturated heterocycles. The van der Waals surface area contributed by atoms with Crippen LogP contribution in [0.1, 0.15) is 91.7 Å². The first-order chi connectivity index (χ1) is 18.6. The third-order valence-electron chi connectivity index (χ3n) is 10.9. The van der Waals surface area contributed by atoms with E-state index in [4.69, 9.17) is 0 Å². The molecule has 0 radical (unpaired) electrons. The molecular formula is C38H38. The van der Waals surface area contributed by atoms with E-state index in [1.165, 1.54) is 77.5 Å². The highest BCUT2D eigenvalue weighted by atomic mass is 14.6. The zero-order chi connectivity index (χ0) is 25.5. The summed E-state index contributed by atoms with van der Waals surface area (Å²) in [5, 5.41) is 0. The lowest BCUT2D eigenvalue weighted by molar-refractivity contribution is -0.00519. The molecule has 4 aromatic rings. The molecule has 38 heavy (non-hydrogen) atoms. The van der Waals surface area contributed by atoms with Crippen LogP contribution in [-0.2, 0) is 10.8 Å². The average Bonchev–Trinajstić information content (AvgIpc) is 3.23. The fourth-order valence-electron chi connectivity index (χ4n) is 9.67. The van der Waals surface area contributed by atoms with Crippen LogP contribution in [0.3, 0.4) is 0 Å². The third kappa shape index (κ3) is 3.10. The summed E-state index contributed by atoms with van der Waals surface area (Å²) in [4.78, 5) is 0. The van der Waals surface area contributed by atoms with Gasteiger partial charge < -0.3 is 0 Å². The first kappa shape index (κ1) is 22.8. The molecule has 9 rings (SSSR count). The van der Waals surface area contributed by atoms with E-state index in [-0.39, 0.29) is 5.41 Å². The predicted octanol–water partition coefficient (Wildman–Crippen LogP) is 9.64. The molecule has 0 heterocycles. The summed E-state index contributed by atoms with van der Waals surface area (Å²) in [6.45, 7) is 4.63. The van der Waals surface area contributed by atoms with Gasteiger partial charge in [0.05, 0.1) is 5.41 Å². The van der Waals surface area contributed by atoms with Crippen molar-refractivity contribution in [1.82, 2.24) is 0 Å². The van der Waals surface area contributed by atoms with Gasteiger partial charge in [-0.2, -0.15) is 0 Å². The molecule has 4 saturated carbocycles. The van der Waals surface area contributed by atoms with Gasteiger partial charge in [-0.25, -0.2) is 0 Å². The molecular weight excluding hydrogens is 456 g/mol. The standard InChI is InChI=1S/C38H38/c1-25(2)29-12-17-34-33-10-6-7-11-35(33)38(36(34)21-29,31-8-4-3-5-9-31)32-15-13-30(14-16-32)37-22-26-18-27(23-37)20-28(19-26)24-37/h3-17,21,25-28H,18-20,22-24H2,1-2H3. The maximum absolute atomic E-state index is 2.54. The molecule has 0 amide bonds. The van der Waals surface area contributed by atoms with Crippen molar-refractivity contribution >= 4 is 0 Å². The fourth-order valence-corrected chi connectivity index (χ4v) is 9.67. The van der Waals surface area contributed by atoms with Gasteiger partial charge in [0.25, 0.3) is 0 Å². The Bertz CT molecular complexity index is 1470. The van der Waals surface area contributed by atoms with Crippen molar-refractivity contribution in [3.8, 4) is 11.1 Å². The topological polar surface area (TPSA) is 0 Å². The molecule has 1 unspecified atom stereocenters. The van der Waals surface area contributed by atoms with Crippen LogP contribution in [0.2, 0.25) is 0 Å². The summed E-state index contributed by atoms with van der Waals surface area (Å²) in [5.41, 5.74) is 11.6. The molecule has 0 aliphatic heterocycles. The van der Waals surface area contributed by atoms with E-state index < -0.39 is 0 Å². The van der Waals surface area contributed by atoms with Crippen LogP contribution in [0.5, 0.6) is 0 Å². The average molecular weight is 495 g/mol. The van der Waals surface area contributed by atoms with Crippen LogP contribution in [-0.4, -0.2) is 0 Å². The zero-order valence-electron chi connectivity index (χ0n) is 22.8. The van der Waals surface area contributed by atoms with Crippen LogP contribution in [0.4, 0.5) is 0 Å². The fraction of sp³-hybridized carbons (Fsp3) is 0.368. The van der Waals surface area contributed by atoms with Crippen LogP contribution in [0.25, 0.3) is 11.1 Å². The summed E-state index contributed by atoms with van der Waals surface area (Å²) in [6, 6.07) is 37.8. The van der Waals surface area contributed by atoms with Gasteiger partial charge >= 0.3 is 0 Å². The van der Waals surface area contributed by atoms with E-state index in [0.717, 1.165) is 17.8 Å². The van der Waals surface area contributed by atoms with E-state index in [1.54, 1.807) is 5.56 Å². The molecule has 0 nitrogen and oxygen atoms in total. The van der Waals surface area contributed by atoms with Crippen molar-refractivity contribution in [3.05, 3.63) is 130 Å². The highest BCUT2D eigenvalue weighted by molar-refractivity contribution is 5.86. The van der Waals surface area contributed by atoms with E-state index in [2.05, 4.69) is 111 Å². The minimum Gasteiger partial charge on any atom is -0.0622 e. The Morgan fingerprint density at radius 3 is 1.76 bits per heavy atom. The number of fused-ring (bicyclic) bond motifs is 3. The Labute approximate surface area is 228 Å². The van der Waals surface area contributed by atoms with Gasteiger partial charge in [0.1, 0.15) is 0 Å². The third-order valence-corrected chi connectivity index (χ3v) is 10.9. The van der Waals surface area contributed by atoms with Crippen molar-refractivity contribution in [2.75, 3.05) is 0 Å². The lowest BCUT2D eigenvalue weighted by Gasteiger charge is -2.57. The molecule has 5 aliphatic carbocycles.